The van der Waals surface area contributed by atoms with Crippen molar-refractivity contribution in [3.05, 3.63) is 69.2 Å². The maximum Gasteiger partial charge on any atom is 0.269 e. The second kappa shape index (κ2) is 5.71. The van der Waals surface area contributed by atoms with Crippen LogP contribution in [-0.2, 0) is 0 Å². The van der Waals surface area contributed by atoms with Crippen LogP contribution in [0, 0.1) is 10.1 Å². The molecule has 0 aliphatic rings. The van der Waals surface area contributed by atoms with Gasteiger partial charge in [0, 0.05) is 18.2 Å². The zero-order valence-corrected chi connectivity index (χ0v) is 11.1. The monoisotopic (exact) mass is 276 g/mol. The minimum Gasteiger partial charge on any atom is -0.377 e. The molecule has 0 radical (unpaired) electrons. The van der Waals surface area contributed by atoms with Gasteiger partial charge in [-0.2, -0.15) is 0 Å². The van der Waals surface area contributed by atoms with E-state index < -0.39 is 4.92 Å². The highest BCUT2D eigenvalue weighted by molar-refractivity contribution is 6.33. The van der Waals surface area contributed by atoms with E-state index >= 15 is 0 Å². The van der Waals surface area contributed by atoms with Crippen LogP contribution in [0.3, 0.4) is 0 Å². The smallest absolute Gasteiger partial charge is 0.269 e. The number of anilines is 1. The van der Waals surface area contributed by atoms with Gasteiger partial charge in [-0.3, -0.25) is 10.1 Å². The van der Waals surface area contributed by atoms with E-state index in [1.807, 2.05) is 31.2 Å². The van der Waals surface area contributed by atoms with Crippen molar-refractivity contribution in [2.24, 2.45) is 0 Å². The second-order valence-corrected chi connectivity index (χ2v) is 4.60. The van der Waals surface area contributed by atoms with E-state index in [1.165, 1.54) is 12.1 Å². The lowest BCUT2D eigenvalue weighted by atomic mass is 10.1. The van der Waals surface area contributed by atoms with Crippen LogP contribution >= 0.6 is 11.6 Å². The molecule has 2 rings (SSSR count). The van der Waals surface area contributed by atoms with E-state index in [9.17, 15) is 10.1 Å². The molecule has 19 heavy (non-hydrogen) atoms. The SMILES string of the molecule is CC(Nc1ccccc1Cl)c1ccc([N+](=O)[O-])cc1. The Labute approximate surface area is 116 Å². The molecule has 98 valence electrons. The summed E-state index contributed by atoms with van der Waals surface area (Å²) in [6, 6.07) is 14.0. The van der Waals surface area contributed by atoms with Crippen LogP contribution in [0.5, 0.6) is 0 Å². The highest BCUT2D eigenvalue weighted by Gasteiger charge is 2.10. The molecule has 0 amide bonds. The molecule has 5 heteroatoms. The Bertz CT molecular complexity index is 584. The summed E-state index contributed by atoms with van der Waals surface area (Å²) in [4.78, 5) is 10.2. The van der Waals surface area contributed by atoms with Crippen LogP contribution in [0.2, 0.25) is 5.02 Å². The van der Waals surface area contributed by atoms with Crippen molar-refractivity contribution in [2.75, 3.05) is 5.32 Å². The largest absolute Gasteiger partial charge is 0.377 e. The van der Waals surface area contributed by atoms with E-state index in [0.717, 1.165) is 11.3 Å². The summed E-state index contributed by atoms with van der Waals surface area (Å²) in [5.74, 6) is 0. The molecular formula is C14H13ClN2O2. The number of nitrogens with one attached hydrogen (secondary N) is 1. The first kappa shape index (κ1) is 13.4. The Hall–Kier alpha value is -2.07. The molecule has 0 heterocycles. The molecule has 4 nitrogen and oxygen atoms in total. The first-order chi connectivity index (χ1) is 9.08. The predicted octanol–water partition coefficient (Wildman–Crippen LogP) is 4.42. The molecule has 0 aliphatic carbocycles. The first-order valence-electron chi connectivity index (χ1n) is 5.83. The van der Waals surface area contributed by atoms with Crippen molar-refractivity contribution < 1.29 is 4.92 Å². The Balaban J connectivity index is 2.14. The topological polar surface area (TPSA) is 55.2 Å². The van der Waals surface area contributed by atoms with Gasteiger partial charge in [-0.1, -0.05) is 35.9 Å². The molecule has 0 saturated carbocycles. The lowest BCUT2D eigenvalue weighted by Gasteiger charge is -2.16. The van der Waals surface area contributed by atoms with Crippen LogP contribution in [0.4, 0.5) is 11.4 Å². The predicted molar refractivity (Wildman–Crippen MR) is 76.6 cm³/mol. The number of nitro groups is 1. The third-order valence-electron chi connectivity index (χ3n) is 2.85. The fourth-order valence-electron chi connectivity index (χ4n) is 1.78. The number of nitrogens with zero attached hydrogens (tertiary/aromatic N) is 1. The molecule has 0 aromatic heterocycles. The van der Waals surface area contributed by atoms with Gasteiger partial charge in [0.15, 0.2) is 0 Å². The van der Waals surface area contributed by atoms with E-state index in [0.29, 0.717) is 5.02 Å². The number of halogens is 1. The lowest BCUT2D eigenvalue weighted by molar-refractivity contribution is -0.384. The van der Waals surface area contributed by atoms with Gasteiger partial charge in [-0.05, 0) is 24.6 Å². The normalized spacial score (nSPS) is 11.9. The van der Waals surface area contributed by atoms with Crippen LogP contribution in [0.1, 0.15) is 18.5 Å². The summed E-state index contributed by atoms with van der Waals surface area (Å²) in [6.07, 6.45) is 0. The maximum atomic E-state index is 10.6. The zero-order chi connectivity index (χ0) is 13.8. The van der Waals surface area contributed by atoms with Crippen molar-refractivity contribution in [1.29, 1.82) is 0 Å². The second-order valence-electron chi connectivity index (χ2n) is 4.19. The first-order valence-corrected chi connectivity index (χ1v) is 6.21. The fourth-order valence-corrected chi connectivity index (χ4v) is 1.97. The molecule has 0 bridgehead atoms. The van der Waals surface area contributed by atoms with Gasteiger partial charge in [0.1, 0.15) is 0 Å². The van der Waals surface area contributed by atoms with Crippen LogP contribution in [0.25, 0.3) is 0 Å². The quantitative estimate of drug-likeness (QED) is 0.664. The molecule has 0 aliphatic heterocycles. The van der Waals surface area contributed by atoms with Crippen molar-refractivity contribution in [1.82, 2.24) is 0 Å². The average molecular weight is 277 g/mol. The van der Waals surface area contributed by atoms with Crippen molar-refractivity contribution in [3.8, 4) is 0 Å². The molecule has 0 fully saturated rings. The number of benzene rings is 2. The molecule has 2 aromatic carbocycles. The summed E-state index contributed by atoms with van der Waals surface area (Å²) >= 11 is 6.07. The summed E-state index contributed by atoms with van der Waals surface area (Å²) < 4.78 is 0. The molecule has 2 aromatic rings. The number of rotatable bonds is 4. The molecule has 1 N–H and O–H groups in total. The number of hydrogen-bond acceptors (Lipinski definition) is 3. The highest BCUT2D eigenvalue weighted by atomic mass is 35.5. The van der Waals surface area contributed by atoms with Gasteiger partial charge in [0.2, 0.25) is 0 Å². The third-order valence-corrected chi connectivity index (χ3v) is 3.18. The minimum atomic E-state index is -0.407. The number of nitro benzene ring substituents is 1. The Morgan fingerprint density at radius 2 is 1.79 bits per heavy atom. The Morgan fingerprint density at radius 3 is 2.37 bits per heavy atom. The van der Waals surface area contributed by atoms with Gasteiger partial charge in [0.25, 0.3) is 5.69 Å². The van der Waals surface area contributed by atoms with Gasteiger partial charge >= 0.3 is 0 Å². The molecule has 1 atom stereocenters. The maximum absolute atomic E-state index is 10.6. The average Bonchev–Trinajstić information content (AvgIpc) is 2.41. The van der Waals surface area contributed by atoms with Gasteiger partial charge in [-0.25, -0.2) is 0 Å². The molecule has 0 saturated heterocycles. The van der Waals surface area contributed by atoms with Crippen molar-refractivity contribution in [3.63, 3.8) is 0 Å². The summed E-state index contributed by atoms with van der Waals surface area (Å²) in [5.41, 5.74) is 1.90. The summed E-state index contributed by atoms with van der Waals surface area (Å²) in [5, 5.41) is 14.5. The molecule has 1 unspecified atom stereocenters. The fraction of sp³-hybridized carbons (Fsp3) is 0.143. The molecular weight excluding hydrogens is 264 g/mol. The zero-order valence-electron chi connectivity index (χ0n) is 10.3. The summed E-state index contributed by atoms with van der Waals surface area (Å²) in [6.45, 7) is 1.98. The van der Waals surface area contributed by atoms with Crippen molar-refractivity contribution in [2.45, 2.75) is 13.0 Å². The van der Waals surface area contributed by atoms with Crippen LogP contribution in [-0.4, -0.2) is 4.92 Å². The van der Waals surface area contributed by atoms with Crippen LogP contribution < -0.4 is 5.32 Å². The van der Waals surface area contributed by atoms with Gasteiger partial charge in [-0.15, -0.1) is 0 Å². The number of non-ortho nitro benzene ring substituents is 1. The van der Waals surface area contributed by atoms with E-state index in [2.05, 4.69) is 5.32 Å². The van der Waals surface area contributed by atoms with Crippen molar-refractivity contribution >= 4 is 23.0 Å². The highest BCUT2D eigenvalue weighted by Crippen LogP contribution is 2.26. The van der Waals surface area contributed by atoms with E-state index in [-0.39, 0.29) is 11.7 Å². The van der Waals surface area contributed by atoms with E-state index in [4.69, 9.17) is 11.6 Å². The van der Waals surface area contributed by atoms with E-state index in [1.54, 1.807) is 12.1 Å². The minimum absolute atomic E-state index is 0.0145. The van der Waals surface area contributed by atoms with Gasteiger partial charge in [0.05, 0.1) is 15.6 Å². The Morgan fingerprint density at radius 1 is 1.16 bits per heavy atom. The Kier molecular flexibility index (Phi) is 4.02. The van der Waals surface area contributed by atoms with Gasteiger partial charge < -0.3 is 5.32 Å². The standard InChI is InChI=1S/C14H13ClN2O2/c1-10(16-14-5-3-2-4-13(14)15)11-6-8-12(9-7-11)17(18)19/h2-10,16H,1H3. The summed E-state index contributed by atoms with van der Waals surface area (Å²) in [7, 11) is 0. The lowest BCUT2D eigenvalue weighted by Crippen LogP contribution is -2.06. The van der Waals surface area contributed by atoms with Crippen LogP contribution in [0.15, 0.2) is 48.5 Å². The number of hydrogen-bond donors (Lipinski definition) is 1. The third kappa shape index (κ3) is 3.23. The molecule has 0 spiro atoms. The number of para-hydroxylation sites is 1.